The second kappa shape index (κ2) is 3.88. The van der Waals surface area contributed by atoms with E-state index < -0.39 is 0 Å². The number of benzene rings is 1. The maximum absolute atomic E-state index is 5.71. The minimum absolute atomic E-state index is 0.518. The molecule has 1 nitrogen and oxygen atoms in total. The molecule has 1 aromatic rings. The van der Waals surface area contributed by atoms with Crippen LogP contribution in [0.15, 0.2) is 24.3 Å². The summed E-state index contributed by atoms with van der Waals surface area (Å²) in [7, 11) is 0. The van der Waals surface area contributed by atoms with E-state index in [9.17, 15) is 0 Å². The zero-order chi connectivity index (χ0) is 10.9. The van der Waals surface area contributed by atoms with Gasteiger partial charge in [0.2, 0.25) is 0 Å². The van der Waals surface area contributed by atoms with Crippen LogP contribution >= 0.6 is 0 Å². The highest BCUT2D eigenvalue weighted by atomic mass is 14.5. The molecule has 15 heavy (non-hydrogen) atoms. The zero-order valence-corrected chi connectivity index (χ0v) is 9.79. The van der Waals surface area contributed by atoms with Crippen molar-refractivity contribution in [1.82, 2.24) is 0 Å². The Morgan fingerprint density at radius 3 is 2.47 bits per heavy atom. The Kier molecular flexibility index (Phi) is 2.72. The van der Waals surface area contributed by atoms with Crippen LogP contribution in [-0.2, 0) is 0 Å². The summed E-state index contributed by atoms with van der Waals surface area (Å²) < 4.78 is 0. The molecule has 2 N–H and O–H groups in total. The first-order valence-electron chi connectivity index (χ1n) is 5.92. The monoisotopic (exact) mass is 203 g/mol. The molecule has 0 amide bonds. The highest BCUT2D eigenvalue weighted by Crippen LogP contribution is 2.43. The molecule has 0 bridgehead atoms. The van der Waals surface area contributed by atoms with E-state index in [2.05, 4.69) is 26.0 Å². The van der Waals surface area contributed by atoms with Crippen LogP contribution < -0.4 is 5.73 Å². The summed E-state index contributed by atoms with van der Waals surface area (Å²) in [6.07, 6.45) is 5.39. The molecule has 0 unspecified atom stereocenters. The molecule has 1 fully saturated rings. The van der Waals surface area contributed by atoms with Crippen molar-refractivity contribution < 1.29 is 0 Å². The number of rotatable bonds is 1. The number of anilines is 1. The lowest BCUT2D eigenvalue weighted by Gasteiger charge is -2.35. The third-order valence-corrected chi connectivity index (χ3v) is 3.61. The lowest BCUT2D eigenvalue weighted by molar-refractivity contribution is 0.219. The minimum atomic E-state index is 0.518. The fourth-order valence-electron chi connectivity index (χ4n) is 2.75. The topological polar surface area (TPSA) is 26.0 Å². The van der Waals surface area contributed by atoms with Gasteiger partial charge in [-0.05, 0) is 48.3 Å². The molecule has 1 aromatic carbocycles. The van der Waals surface area contributed by atoms with Gasteiger partial charge in [-0.25, -0.2) is 0 Å². The molecule has 0 saturated heterocycles. The first-order valence-corrected chi connectivity index (χ1v) is 5.92. The van der Waals surface area contributed by atoms with Gasteiger partial charge in [0, 0.05) is 5.69 Å². The molecule has 82 valence electrons. The summed E-state index contributed by atoms with van der Waals surface area (Å²) in [5, 5.41) is 0. The molecule has 1 atom stereocenters. The summed E-state index contributed by atoms with van der Waals surface area (Å²) in [5.41, 5.74) is 8.57. The van der Waals surface area contributed by atoms with Gasteiger partial charge in [0.1, 0.15) is 0 Å². The normalized spacial score (nSPS) is 25.1. The Morgan fingerprint density at radius 1 is 1.20 bits per heavy atom. The Balaban J connectivity index is 2.13. The van der Waals surface area contributed by atoms with E-state index in [1.165, 1.54) is 31.2 Å². The summed E-state index contributed by atoms with van der Waals surface area (Å²) in [4.78, 5) is 0. The van der Waals surface area contributed by atoms with Gasteiger partial charge in [-0.1, -0.05) is 32.4 Å². The highest BCUT2D eigenvalue weighted by molar-refractivity contribution is 5.40. The molecular formula is C14H21N. The first-order chi connectivity index (χ1) is 7.07. The molecular weight excluding hydrogens is 182 g/mol. The van der Waals surface area contributed by atoms with Gasteiger partial charge in [-0.15, -0.1) is 0 Å². The van der Waals surface area contributed by atoms with Gasteiger partial charge >= 0.3 is 0 Å². The van der Waals surface area contributed by atoms with Crippen LogP contribution in [0.3, 0.4) is 0 Å². The molecule has 0 aliphatic heterocycles. The second-order valence-corrected chi connectivity index (χ2v) is 5.62. The highest BCUT2D eigenvalue weighted by Gasteiger charge is 2.28. The molecule has 0 radical (unpaired) electrons. The van der Waals surface area contributed by atoms with E-state index in [1.54, 1.807) is 0 Å². The van der Waals surface area contributed by atoms with E-state index in [0.717, 1.165) is 11.6 Å². The minimum Gasteiger partial charge on any atom is -0.399 e. The van der Waals surface area contributed by atoms with Crippen LogP contribution in [-0.4, -0.2) is 0 Å². The molecule has 0 heterocycles. The third kappa shape index (κ3) is 2.53. The predicted molar refractivity (Wildman–Crippen MR) is 65.8 cm³/mol. The molecule has 0 aromatic heterocycles. The fraction of sp³-hybridized carbons (Fsp3) is 0.571. The standard InChI is InChI=1S/C14H21N/c1-14(2)9-3-4-12(10-14)11-5-7-13(15)8-6-11/h5-8,12H,3-4,9-10,15H2,1-2H3/t12-/m0/s1. The van der Waals surface area contributed by atoms with Crippen molar-refractivity contribution in [3.63, 3.8) is 0 Å². The molecule has 1 saturated carbocycles. The number of hydrogen-bond donors (Lipinski definition) is 1. The smallest absolute Gasteiger partial charge is 0.0314 e. The maximum Gasteiger partial charge on any atom is 0.0314 e. The van der Waals surface area contributed by atoms with E-state index in [-0.39, 0.29) is 0 Å². The summed E-state index contributed by atoms with van der Waals surface area (Å²) >= 11 is 0. The molecule has 1 heteroatoms. The SMILES string of the molecule is CC1(C)CCC[C@H](c2ccc(N)cc2)C1. The second-order valence-electron chi connectivity index (χ2n) is 5.62. The summed E-state index contributed by atoms with van der Waals surface area (Å²) in [6.45, 7) is 4.77. The lowest BCUT2D eigenvalue weighted by Crippen LogP contribution is -2.21. The Morgan fingerprint density at radius 2 is 1.87 bits per heavy atom. The van der Waals surface area contributed by atoms with E-state index in [4.69, 9.17) is 5.73 Å². The van der Waals surface area contributed by atoms with Crippen LogP contribution in [0, 0.1) is 5.41 Å². The maximum atomic E-state index is 5.71. The van der Waals surface area contributed by atoms with E-state index in [1.807, 2.05) is 12.1 Å². The van der Waals surface area contributed by atoms with Gasteiger partial charge in [0.05, 0.1) is 0 Å². The molecule has 1 aliphatic carbocycles. The van der Waals surface area contributed by atoms with Crippen molar-refractivity contribution in [3.05, 3.63) is 29.8 Å². The van der Waals surface area contributed by atoms with E-state index in [0.29, 0.717) is 5.41 Å². The molecule has 1 aliphatic rings. The number of nitrogens with two attached hydrogens (primary N) is 1. The Hall–Kier alpha value is -0.980. The average Bonchev–Trinajstić information content (AvgIpc) is 2.17. The largest absolute Gasteiger partial charge is 0.399 e. The van der Waals surface area contributed by atoms with Gasteiger partial charge in [-0.3, -0.25) is 0 Å². The van der Waals surface area contributed by atoms with Crippen molar-refractivity contribution in [2.24, 2.45) is 5.41 Å². The van der Waals surface area contributed by atoms with Crippen LogP contribution in [0.5, 0.6) is 0 Å². The van der Waals surface area contributed by atoms with Crippen LogP contribution in [0.2, 0.25) is 0 Å². The third-order valence-electron chi connectivity index (χ3n) is 3.61. The molecule has 2 rings (SSSR count). The summed E-state index contributed by atoms with van der Waals surface area (Å²) in [6, 6.07) is 8.44. The predicted octanol–water partition coefficient (Wildman–Crippen LogP) is 3.95. The van der Waals surface area contributed by atoms with Crippen molar-refractivity contribution in [2.75, 3.05) is 5.73 Å². The zero-order valence-electron chi connectivity index (χ0n) is 9.79. The first kappa shape index (κ1) is 10.5. The fourth-order valence-corrected chi connectivity index (χ4v) is 2.75. The van der Waals surface area contributed by atoms with E-state index >= 15 is 0 Å². The summed E-state index contributed by atoms with van der Waals surface area (Å²) in [5.74, 6) is 0.745. The average molecular weight is 203 g/mol. The number of hydrogen-bond acceptors (Lipinski definition) is 1. The van der Waals surface area contributed by atoms with Crippen molar-refractivity contribution in [3.8, 4) is 0 Å². The quantitative estimate of drug-likeness (QED) is 0.687. The van der Waals surface area contributed by atoms with Crippen molar-refractivity contribution in [1.29, 1.82) is 0 Å². The van der Waals surface area contributed by atoms with Crippen molar-refractivity contribution in [2.45, 2.75) is 45.4 Å². The van der Waals surface area contributed by atoms with Gasteiger partial charge in [-0.2, -0.15) is 0 Å². The van der Waals surface area contributed by atoms with Crippen LogP contribution in [0.25, 0.3) is 0 Å². The van der Waals surface area contributed by atoms with Crippen LogP contribution in [0.4, 0.5) is 5.69 Å². The Bertz CT molecular complexity index is 324. The van der Waals surface area contributed by atoms with Gasteiger partial charge in [0.25, 0.3) is 0 Å². The number of nitrogen functional groups attached to an aromatic ring is 1. The van der Waals surface area contributed by atoms with Gasteiger partial charge < -0.3 is 5.73 Å². The van der Waals surface area contributed by atoms with Gasteiger partial charge in [0.15, 0.2) is 0 Å². The molecule has 0 spiro atoms. The lowest BCUT2D eigenvalue weighted by atomic mass is 9.70. The van der Waals surface area contributed by atoms with Crippen molar-refractivity contribution >= 4 is 5.69 Å². The Labute approximate surface area is 92.7 Å². The van der Waals surface area contributed by atoms with Crippen LogP contribution in [0.1, 0.15) is 51.0 Å².